The molecule has 12 heteroatoms. The second-order valence-electron chi connectivity index (χ2n) is 9.65. The lowest BCUT2D eigenvalue weighted by Gasteiger charge is -2.49. The summed E-state index contributed by atoms with van der Waals surface area (Å²) in [5.74, 6) is -1.52. The van der Waals surface area contributed by atoms with Crippen molar-refractivity contribution in [3.05, 3.63) is 81.4 Å². The number of aromatic nitrogens is 2. The van der Waals surface area contributed by atoms with E-state index in [0.717, 1.165) is 19.2 Å². The van der Waals surface area contributed by atoms with Crippen molar-refractivity contribution >= 4 is 40.9 Å². The summed E-state index contributed by atoms with van der Waals surface area (Å²) < 4.78 is 4.71. The van der Waals surface area contributed by atoms with Crippen LogP contribution in [-0.2, 0) is 21.0 Å². The molecule has 2 aromatic carbocycles. The van der Waals surface area contributed by atoms with Crippen molar-refractivity contribution in [3.63, 3.8) is 0 Å². The van der Waals surface area contributed by atoms with Crippen molar-refractivity contribution in [1.82, 2.24) is 25.8 Å². The lowest BCUT2D eigenvalue weighted by atomic mass is 9.76. The van der Waals surface area contributed by atoms with Gasteiger partial charge < -0.3 is 14.7 Å². The van der Waals surface area contributed by atoms with E-state index in [-0.39, 0.29) is 36.3 Å². The minimum Gasteiger partial charge on any atom is -0.352 e. The monoisotopic (exact) mass is 571 g/mol. The zero-order valence-corrected chi connectivity index (χ0v) is 22.6. The average molecular weight is 572 g/mol. The Morgan fingerprint density at radius 3 is 2.67 bits per heavy atom. The van der Waals surface area contributed by atoms with Crippen LogP contribution in [0.3, 0.4) is 0 Å². The number of hydrogen-bond acceptors (Lipinski definition) is 7. The van der Waals surface area contributed by atoms with E-state index in [1.807, 2.05) is 0 Å². The Morgan fingerprint density at radius 1 is 1.13 bits per heavy atom. The summed E-state index contributed by atoms with van der Waals surface area (Å²) >= 11 is 12.9. The number of hydroxylamine groups is 1. The molecule has 1 aliphatic heterocycles. The maximum absolute atomic E-state index is 14.2. The Morgan fingerprint density at radius 2 is 1.92 bits per heavy atom. The maximum atomic E-state index is 14.2. The molecule has 5 rings (SSSR count). The minimum atomic E-state index is -0.886. The summed E-state index contributed by atoms with van der Waals surface area (Å²) in [6, 6.07) is 10.6. The SMILES string of the molecule is CC(=O)N[C@H]1CCCC[C@@H]1N1C(=O)c2ccccc2[C@@H](C(=O)NOCc2ncon2)[C@@H]1c1ccc(Cl)cc1Cl. The number of halogens is 2. The summed E-state index contributed by atoms with van der Waals surface area (Å²) in [6.45, 7) is 1.35. The number of nitrogens with zero attached hydrogens (tertiary/aromatic N) is 3. The van der Waals surface area contributed by atoms with Crippen LogP contribution in [0.5, 0.6) is 0 Å². The van der Waals surface area contributed by atoms with Crippen LogP contribution in [0.4, 0.5) is 0 Å². The third-order valence-electron chi connectivity index (χ3n) is 7.20. The van der Waals surface area contributed by atoms with E-state index in [1.54, 1.807) is 47.4 Å². The third-order valence-corrected chi connectivity index (χ3v) is 7.76. The van der Waals surface area contributed by atoms with Crippen molar-refractivity contribution in [2.45, 2.75) is 63.3 Å². The summed E-state index contributed by atoms with van der Waals surface area (Å²) in [5.41, 5.74) is 4.02. The van der Waals surface area contributed by atoms with E-state index < -0.39 is 17.9 Å². The lowest BCUT2D eigenvalue weighted by molar-refractivity contribution is -0.138. The molecule has 1 aromatic heterocycles. The van der Waals surface area contributed by atoms with Crippen LogP contribution in [0.2, 0.25) is 10.0 Å². The molecule has 0 spiro atoms. The van der Waals surface area contributed by atoms with Gasteiger partial charge >= 0.3 is 0 Å². The molecule has 0 radical (unpaired) electrons. The molecule has 10 nitrogen and oxygen atoms in total. The predicted molar refractivity (Wildman–Crippen MR) is 142 cm³/mol. The molecule has 39 heavy (non-hydrogen) atoms. The molecule has 1 fully saturated rings. The maximum Gasteiger partial charge on any atom is 0.255 e. The first-order valence-electron chi connectivity index (χ1n) is 12.7. The van der Waals surface area contributed by atoms with Crippen molar-refractivity contribution in [1.29, 1.82) is 0 Å². The van der Waals surface area contributed by atoms with Gasteiger partial charge in [-0.15, -0.1) is 0 Å². The van der Waals surface area contributed by atoms with Crippen molar-refractivity contribution in [2.75, 3.05) is 0 Å². The first kappa shape index (κ1) is 27.1. The highest BCUT2D eigenvalue weighted by atomic mass is 35.5. The number of rotatable bonds is 7. The number of nitrogens with one attached hydrogen (secondary N) is 2. The zero-order chi connectivity index (χ0) is 27.5. The molecule has 1 saturated carbocycles. The largest absolute Gasteiger partial charge is 0.352 e. The molecule has 204 valence electrons. The number of benzene rings is 2. The van der Waals surface area contributed by atoms with Gasteiger partial charge in [0, 0.05) is 28.6 Å². The molecular formula is C27H27Cl2N5O5. The molecular weight excluding hydrogens is 545 g/mol. The topological polar surface area (TPSA) is 127 Å². The fourth-order valence-electron chi connectivity index (χ4n) is 5.64. The summed E-state index contributed by atoms with van der Waals surface area (Å²) in [5, 5.41) is 7.46. The molecule has 0 unspecified atom stereocenters. The smallest absolute Gasteiger partial charge is 0.255 e. The molecule has 2 heterocycles. The van der Waals surface area contributed by atoms with Gasteiger partial charge in [0.15, 0.2) is 5.82 Å². The first-order chi connectivity index (χ1) is 18.8. The minimum absolute atomic E-state index is 0.112. The highest BCUT2D eigenvalue weighted by Crippen LogP contribution is 2.47. The molecule has 1 aliphatic carbocycles. The van der Waals surface area contributed by atoms with E-state index in [2.05, 4.69) is 20.9 Å². The van der Waals surface area contributed by atoms with Gasteiger partial charge in [-0.2, -0.15) is 4.98 Å². The molecule has 4 atom stereocenters. The number of carbonyl (C=O) groups is 3. The fourth-order valence-corrected chi connectivity index (χ4v) is 6.16. The van der Waals surface area contributed by atoms with Gasteiger partial charge in [-0.25, -0.2) is 5.48 Å². The Balaban J connectivity index is 1.60. The number of hydrogen-bond donors (Lipinski definition) is 2. The summed E-state index contributed by atoms with van der Waals surface area (Å²) in [7, 11) is 0. The highest BCUT2D eigenvalue weighted by Gasteiger charge is 2.49. The normalized spacial score (nSPS) is 22.7. The Hall–Kier alpha value is -3.47. The quantitative estimate of drug-likeness (QED) is 0.403. The second kappa shape index (κ2) is 11.7. The fraction of sp³-hybridized carbons (Fsp3) is 0.370. The Kier molecular flexibility index (Phi) is 8.15. The van der Waals surface area contributed by atoms with Crippen LogP contribution in [0.25, 0.3) is 0 Å². The van der Waals surface area contributed by atoms with Crippen LogP contribution in [0, 0.1) is 0 Å². The molecule has 2 N–H and O–H groups in total. The Bertz CT molecular complexity index is 1370. The molecule has 2 aliphatic rings. The van der Waals surface area contributed by atoms with Gasteiger partial charge in [0.1, 0.15) is 6.61 Å². The van der Waals surface area contributed by atoms with Crippen LogP contribution in [0.15, 0.2) is 53.4 Å². The number of fused-ring (bicyclic) bond motifs is 1. The van der Waals surface area contributed by atoms with E-state index in [4.69, 9.17) is 32.6 Å². The zero-order valence-electron chi connectivity index (χ0n) is 21.1. The predicted octanol–water partition coefficient (Wildman–Crippen LogP) is 4.35. The van der Waals surface area contributed by atoms with Gasteiger partial charge in [0.25, 0.3) is 11.8 Å². The average Bonchev–Trinajstić information content (AvgIpc) is 3.43. The van der Waals surface area contributed by atoms with Crippen LogP contribution in [0.1, 0.15) is 71.9 Å². The molecule has 0 bridgehead atoms. The third kappa shape index (κ3) is 5.63. The molecule has 0 saturated heterocycles. The highest BCUT2D eigenvalue weighted by molar-refractivity contribution is 6.35. The van der Waals surface area contributed by atoms with Crippen LogP contribution in [-0.4, -0.2) is 44.8 Å². The van der Waals surface area contributed by atoms with Crippen LogP contribution < -0.4 is 10.8 Å². The van der Waals surface area contributed by atoms with E-state index in [9.17, 15) is 14.4 Å². The van der Waals surface area contributed by atoms with E-state index >= 15 is 0 Å². The standard InChI is InChI=1S/C27H27Cl2N5O5/c1-15(35)31-21-8-4-5-9-22(21)34-25(19-11-10-16(28)12-20(19)29)24(17-6-2-3-7-18(17)27(34)37)26(36)33-38-13-23-30-14-39-32-23/h2-3,6-7,10-12,14,21-22,24-25H,4-5,8-9,13H2,1H3,(H,31,35)(H,33,36)/t21-,22-,24+,25-/m0/s1. The van der Waals surface area contributed by atoms with Crippen LogP contribution >= 0.6 is 23.2 Å². The Labute approximate surface area is 234 Å². The first-order valence-corrected chi connectivity index (χ1v) is 13.4. The lowest BCUT2D eigenvalue weighted by Crippen LogP contribution is -2.59. The summed E-state index contributed by atoms with van der Waals surface area (Å²) in [4.78, 5) is 51.2. The van der Waals surface area contributed by atoms with E-state index in [0.29, 0.717) is 39.6 Å². The van der Waals surface area contributed by atoms with Crippen molar-refractivity contribution in [2.24, 2.45) is 0 Å². The van der Waals surface area contributed by atoms with Gasteiger partial charge in [0.2, 0.25) is 12.3 Å². The number of amides is 3. The second-order valence-corrected chi connectivity index (χ2v) is 10.5. The number of carbonyl (C=O) groups excluding carboxylic acids is 3. The van der Waals surface area contributed by atoms with E-state index in [1.165, 1.54) is 6.92 Å². The van der Waals surface area contributed by atoms with Crippen molar-refractivity contribution in [3.8, 4) is 0 Å². The van der Waals surface area contributed by atoms with Gasteiger partial charge in [-0.05, 0) is 42.2 Å². The molecule has 3 amide bonds. The van der Waals surface area contributed by atoms with Gasteiger partial charge in [-0.1, -0.05) is 65.5 Å². The van der Waals surface area contributed by atoms with Gasteiger partial charge in [-0.3, -0.25) is 19.2 Å². The summed E-state index contributed by atoms with van der Waals surface area (Å²) in [6.07, 6.45) is 4.32. The molecule has 3 aromatic rings. The van der Waals surface area contributed by atoms with Crippen molar-refractivity contribution < 1.29 is 23.7 Å². The van der Waals surface area contributed by atoms with Gasteiger partial charge in [0.05, 0.1) is 18.0 Å².